The largest absolute Gasteiger partial charge is 0.375 e. The first-order valence-electron chi connectivity index (χ1n) is 8.07. The lowest BCUT2D eigenvalue weighted by atomic mass is 9.78. The van der Waals surface area contributed by atoms with Crippen molar-refractivity contribution in [3.63, 3.8) is 0 Å². The number of rotatable bonds is 3. The van der Waals surface area contributed by atoms with E-state index in [0.29, 0.717) is 12.0 Å². The van der Waals surface area contributed by atoms with Crippen molar-refractivity contribution in [2.45, 2.75) is 75.3 Å². The summed E-state index contributed by atoms with van der Waals surface area (Å²) in [5.74, 6) is 1.72. The fourth-order valence-corrected chi connectivity index (χ4v) is 4.39. The van der Waals surface area contributed by atoms with Crippen LogP contribution in [0.3, 0.4) is 0 Å². The minimum absolute atomic E-state index is 0.165. The summed E-state index contributed by atoms with van der Waals surface area (Å²) in [6, 6.07) is 0.516. The van der Waals surface area contributed by atoms with E-state index < -0.39 is 0 Å². The van der Waals surface area contributed by atoms with E-state index in [1.807, 2.05) is 0 Å². The molecule has 3 aliphatic rings. The zero-order chi connectivity index (χ0) is 13.4. The lowest BCUT2D eigenvalue weighted by Gasteiger charge is -2.43. The molecule has 5 heteroatoms. The van der Waals surface area contributed by atoms with Crippen LogP contribution in [0.2, 0.25) is 0 Å². The Labute approximate surface area is 124 Å². The summed E-state index contributed by atoms with van der Waals surface area (Å²) in [5.41, 5.74) is 0.165. The highest BCUT2D eigenvalue weighted by molar-refractivity contribution is 7.09. The van der Waals surface area contributed by atoms with Gasteiger partial charge in [-0.2, -0.15) is 4.37 Å². The summed E-state index contributed by atoms with van der Waals surface area (Å²) < 4.78 is 10.6. The number of hydrogen-bond acceptors (Lipinski definition) is 5. The Kier molecular flexibility index (Phi) is 3.42. The predicted molar refractivity (Wildman–Crippen MR) is 80.3 cm³/mol. The third-order valence-electron chi connectivity index (χ3n) is 4.97. The van der Waals surface area contributed by atoms with Gasteiger partial charge in [-0.15, -0.1) is 0 Å². The predicted octanol–water partition coefficient (Wildman–Crippen LogP) is 3.71. The third kappa shape index (κ3) is 2.70. The van der Waals surface area contributed by atoms with Crippen molar-refractivity contribution >= 4 is 16.7 Å². The van der Waals surface area contributed by atoms with Crippen LogP contribution in [0.25, 0.3) is 0 Å². The normalized spacial score (nSPS) is 29.5. The molecule has 110 valence electrons. The Bertz CT molecular complexity index is 460. The number of ether oxygens (including phenoxy) is 1. The Balaban J connectivity index is 1.39. The van der Waals surface area contributed by atoms with Crippen LogP contribution in [0.15, 0.2) is 0 Å². The van der Waals surface area contributed by atoms with Crippen LogP contribution in [0.1, 0.15) is 69.5 Å². The zero-order valence-electron chi connectivity index (χ0n) is 11.9. The van der Waals surface area contributed by atoms with Gasteiger partial charge in [0.1, 0.15) is 5.82 Å². The molecule has 1 spiro atoms. The van der Waals surface area contributed by atoms with Crippen LogP contribution in [-0.2, 0) is 4.74 Å². The molecule has 4 rings (SSSR count). The number of nitrogens with zero attached hydrogens (tertiary/aromatic N) is 2. The monoisotopic (exact) mass is 293 g/mol. The number of aromatic nitrogens is 2. The van der Waals surface area contributed by atoms with E-state index in [9.17, 15) is 0 Å². The van der Waals surface area contributed by atoms with Gasteiger partial charge < -0.3 is 10.1 Å². The first kappa shape index (κ1) is 13.0. The summed E-state index contributed by atoms with van der Waals surface area (Å²) in [6.07, 6.45) is 11.3. The van der Waals surface area contributed by atoms with Crippen molar-refractivity contribution in [3.05, 3.63) is 5.82 Å². The maximum Gasteiger partial charge on any atom is 0.202 e. The minimum Gasteiger partial charge on any atom is -0.375 e. The highest BCUT2D eigenvalue weighted by Gasteiger charge is 2.38. The van der Waals surface area contributed by atoms with Gasteiger partial charge in [-0.3, -0.25) is 0 Å². The number of anilines is 1. The molecule has 3 fully saturated rings. The second kappa shape index (κ2) is 5.26. The van der Waals surface area contributed by atoms with Gasteiger partial charge >= 0.3 is 0 Å². The first-order valence-corrected chi connectivity index (χ1v) is 8.84. The molecule has 2 heterocycles. The summed E-state index contributed by atoms with van der Waals surface area (Å²) in [6.45, 7) is 0.895. The van der Waals surface area contributed by atoms with E-state index in [2.05, 4.69) is 14.7 Å². The second-order valence-electron chi connectivity index (χ2n) is 6.66. The second-order valence-corrected chi connectivity index (χ2v) is 7.41. The molecule has 1 saturated heterocycles. The number of nitrogens with one attached hydrogen (secondary N) is 1. The minimum atomic E-state index is 0.165. The van der Waals surface area contributed by atoms with E-state index in [-0.39, 0.29) is 5.60 Å². The average molecular weight is 293 g/mol. The fraction of sp³-hybridized carbons (Fsp3) is 0.867. The van der Waals surface area contributed by atoms with Gasteiger partial charge in [0.05, 0.1) is 5.60 Å². The Morgan fingerprint density at radius 2 is 2.00 bits per heavy atom. The summed E-state index contributed by atoms with van der Waals surface area (Å²) in [7, 11) is 0. The molecular weight excluding hydrogens is 270 g/mol. The smallest absolute Gasteiger partial charge is 0.202 e. The molecule has 2 saturated carbocycles. The summed E-state index contributed by atoms with van der Waals surface area (Å²) >= 11 is 1.53. The van der Waals surface area contributed by atoms with Crippen LogP contribution in [-0.4, -0.2) is 27.6 Å². The molecule has 0 aromatic carbocycles. The molecule has 1 aromatic rings. The fourth-order valence-electron chi connectivity index (χ4n) is 3.67. The zero-order valence-corrected chi connectivity index (χ0v) is 12.8. The molecule has 1 atom stereocenters. The van der Waals surface area contributed by atoms with Crippen molar-refractivity contribution in [2.24, 2.45) is 0 Å². The van der Waals surface area contributed by atoms with Crippen molar-refractivity contribution in [1.82, 2.24) is 9.36 Å². The van der Waals surface area contributed by atoms with Crippen molar-refractivity contribution in [3.8, 4) is 0 Å². The maximum atomic E-state index is 6.16. The SMILES string of the molecule is C1CCC2(CC1)C[C@@H](Nc1nc(C3CC3)ns1)CCO2. The molecule has 0 unspecified atom stereocenters. The van der Waals surface area contributed by atoms with Gasteiger partial charge in [0.25, 0.3) is 0 Å². The standard InChI is InChI=1S/C15H23N3OS/c1-2-7-15(8-3-1)10-12(6-9-19-15)16-14-17-13(18-20-14)11-4-5-11/h11-12H,1-10H2,(H,16,17,18)/t12-/m0/s1. The summed E-state index contributed by atoms with van der Waals surface area (Å²) in [5, 5.41) is 4.64. The molecule has 1 aromatic heterocycles. The van der Waals surface area contributed by atoms with Gasteiger partial charge in [0.15, 0.2) is 0 Å². The third-order valence-corrected chi connectivity index (χ3v) is 5.63. The first-order chi connectivity index (χ1) is 9.83. The van der Waals surface area contributed by atoms with Crippen LogP contribution >= 0.6 is 11.5 Å². The van der Waals surface area contributed by atoms with Gasteiger partial charge in [-0.05, 0) is 38.5 Å². The molecule has 20 heavy (non-hydrogen) atoms. The highest BCUT2D eigenvalue weighted by atomic mass is 32.1. The van der Waals surface area contributed by atoms with E-state index in [0.717, 1.165) is 30.4 Å². The van der Waals surface area contributed by atoms with E-state index in [4.69, 9.17) is 4.74 Å². The highest BCUT2D eigenvalue weighted by Crippen LogP contribution is 2.41. The van der Waals surface area contributed by atoms with Crippen molar-refractivity contribution in [1.29, 1.82) is 0 Å². The van der Waals surface area contributed by atoms with Gasteiger partial charge in [0, 0.05) is 30.1 Å². The molecule has 4 nitrogen and oxygen atoms in total. The van der Waals surface area contributed by atoms with E-state index in [1.165, 1.54) is 56.5 Å². The molecule has 0 amide bonds. The van der Waals surface area contributed by atoms with Gasteiger partial charge in [-0.25, -0.2) is 4.98 Å². The van der Waals surface area contributed by atoms with Crippen LogP contribution < -0.4 is 5.32 Å². The lowest BCUT2D eigenvalue weighted by molar-refractivity contribution is -0.103. The topological polar surface area (TPSA) is 47.0 Å². The lowest BCUT2D eigenvalue weighted by Crippen LogP contribution is -2.45. The molecule has 2 aliphatic carbocycles. The Morgan fingerprint density at radius 3 is 2.80 bits per heavy atom. The van der Waals surface area contributed by atoms with Crippen molar-refractivity contribution < 1.29 is 4.74 Å². The molecular formula is C15H23N3OS. The molecule has 0 bridgehead atoms. The van der Waals surface area contributed by atoms with E-state index >= 15 is 0 Å². The summed E-state index contributed by atoms with van der Waals surface area (Å²) in [4.78, 5) is 4.66. The van der Waals surface area contributed by atoms with Crippen LogP contribution in [0.4, 0.5) is 5.13 Å². The Morgan fingerprint density at radius 1 is 1.15 bits per heavy atom. The number of hydrogen-bond donors (Lipinski definition) is 1. The van der Waals surface area contributed by atoms with Crippen molar-refractivity contribution in [2.75, 3.05) is 11.9 Å². The maximum absolute atomic E-state index is 6.16. The van der Waals surface area contributed by atoms with Crippen LogP contribution in [0.5, 0.6) is 0 Å². The molecule has 1 N–H and O–H groups in total. The quantitative estimate of drug-likeness (QED) is 0.923. The van der Waals surface area contributed by atoms with Gasteiger partial charge in [0.2, 0.25) is 5.13 Å². The van der Waals surface area contributed by atoms with Gasteiger partial charge in [-0.1, -0.05) is 19.3 Å². The van der Waals surface area contributed by atoms with Crippen LogP contribution in [0, 0.1) is 0 Å². The van der Waals surface area contributed by atoms with E-state index in [1.54, 1.807) is 0 Å². The molecule has 1 aliphatic heterocycles. The average Bonchev–Trinajstić information content (AvgIpc) is 3.21. The molecule has 0 radical (unpaired) electrons. The Hall–Kier alpha value is -0.680.